The molecular formula is C22H22ClFN6O3. The molecule has 172 valence electrons. The molecule has 9 nitrogen and oxygen atoms in total. The van der Waals surface area contributed by atoms with Gasteiger partial charge in [-0.15, -0.1) is 0 Å². The minimum absolute atomic E-state index is 0.00926. The van der Waals surface area contributed by atoms with E-state index in [0.717, 1.165) is 19.4 Å². The molecule has 0 spiro atoms. The van der Waals surface area contributed by atoms with Gasteiger partial charge in [-0.3, -0.25) is 15.4 Å². The molecule has 0 bridgehead atoms. The number of nitrogens with two attached hydrogens (primary N) is 2. The SMILES string of the molecule is NC(=O)c1nc(-c2c(F)cccc2Cl)oc1Nc1ccc(C(=O)N[C@H]2CCCN(N)C2)cc1. The summed E-state index contributed by atoms with van der Waals surface area (Å²) in [7, 11) is 0. The first kappa shape index (κ1) is 22.7. The Balaban J connectivity index is 1.51. The second kappa shape index (κ2) is 9.57. The zero-order valence-corrected chi connectivity index (χ0v) is 18.2. The first-order valence-electron chi connectivity index (χ1n) is 10.2. The number of hydrogen-bond donors (Lipinski definition) is 4. The smallest absolute Gasteiger partial charge is 0.273 e. The zero-order chi connectivity index (χ0) is 23.5. The summed E-state index contributed by atoms with van der Waals surface area (Å²) in [5.74, 6) is 3.83. The van der Waals surface area contributed by atoms with E-state index in [-0.39, 0.29) is 40.0 Å². The quantitative estimate of drug-likeness (QED) is 0.404. The Kier molecular flexibility index (Phi) is 6.59. The van der Waals surface area contributed by atoms with E-state index in [1.807, 2.05) is 0 Å². The number of hydrazine groups is 1. The van der Waals surface area contributed by atoms with Crippen LogP contribution in [0.25, 0.3) is 11.5 Å². The van der Waals surface area contributed by atoms with Crippen molar-refractivity contribution in [2.24, 2.45) is 11.6 Å². The molecule has 2 aromatic carbocycles. The topological polar surface area (TPSA) is 140 Å². The lowest BCUT2D eigenvalue weighted by atomic mass is 10.1. The summed E-state index contributed by atoms with van der Waals surface area (Å²) >= 11 is 6.07. The van der Waals surface area contributed by atoms with Crippen molar-refractivity contribution in [3.05, 3.63) is 64.6 Å². The third-order valence-corrected chi connectivity index (χ3v) is 5.55. The van der Waals surface area contributed by atoms with Crippen LogP contribution in [-0.4, -0.2) is 40.9 Å². The molecule has 1 aliphatic rings. The maximum Gasteiger partial charge on any atom is 0.273 e. The molecule has 33 heavy (non-hydrogen) atoms. The average molecular weight is 473 g/mol. The summed E-state index contributed by atoms with van der Waals surface area (Å²) in [5, 5.41) is 7.62. The van der Waals surface area contributed by atoms with Gasteiger partial charge in [-0.05, 0) is 49.2 Å². The van der Waals surface area contributed by atoms with Gasteiger partial charge in [0.2, 0.25) is 11.8 Å². The third kappa shape index (κ3) is 5.14. The van der Waals surface area contributed by atoms with Crippen molar-refractivity contribution >= 4 is 35.0 Å². The van der Waals surface area contributed by atoms with Crippen LogP contribution < -0.4 is 22.2 Å². The van der Waals surface area contributed by atoms with Crippen LogP contribution in [-0.2, 0) is 0 Å². The summed E-state index contributed by atoms with van der Waals surface area (Å²) in [6, 6.07) is 10.6. The summed E-state index contributed by atoms with van der Waals surface area (Å²) in [6.07, 6.45) is 1.79. The minimum Gasteiger partial charge on any atom is -0.419 e. The molecular weight excluding hydrogens is 451 g/mol. The Bertz CT molecular complexity index is 1160. The maximum absolute atomic E-state index is 14.2. The van der Waals surface area contributed by atoms with Gasteiger partial charge in [0, 0.05) is 30.4 Å². The van der Waals surface area contributed by atoms with Crippen molar-refractivity contribution in [3.8, 4) is 11.5 Å². The number of halogens is 2. The van der Waals surface area contributed by atoms with E-state index in [2.05, 4.69) is 15.6 Å². The van der Waals surface area contributed by atoms with Crippen LogP contribution in [0.1, 0.15) is 33.7 Å². The number of anilines is 2. The number of carbonyl (C=O) groups excluding carboxylic acids is 2. The number of carbonyl (C=O) groups is 2. The molecule has 1 fully saturated rings. The van der Waals surface area contributed by atoms with Crippen molar-refractivity contribution in [2.75, 3.05) is 18.4 Å². The minimum atomic E-state index is -0.864. The number of aromatic nitrogens is 1. The summed E-state index contributed by atoms with van der Waals surface area (Å²) in [4.78, 5) is 28.4. The van der Waals surface area contributed by atoms with E-state index in [1.165, 1.54) is 18.2 Å². The molecule has 11 heteroatoms. The van der Waals surface area contributed by atoms with E-state index in [4.69, 9.17) is 27.6 Å². The Labute approximate surface area is 193 Å². The number of benzene rings is 2. The second-order valence-corrected chi connectivity index (χ2v) is 8.07. The van der Waals surface area contributed by atoms with Crippen LogP contribution in [0.15, 0.2) is 46.9 Å². The van der Waals surface area contributed by atoms with Gasteiger partial charge in [-0.25, -0.2) is 14.4 Å². The predicted octanol–water partition coefficient (Wildman–Crippen LogP) is 3.04. The summed E-state index contributed by atoms with van der Waals surface area (Å²) < 4.78 is 19.8. The van der Waals surface area contributed by atoms with E-state index in [0.29, 0.717) is 17.8 Å². The van der Waals surface area contributed by atoms with Crippen LogP contribution in [0.5, 0.6) is 0 Å². The van der Waals surface area contributed by atoms with Gasteiger partial charge in [-0.2, -0.15) is 0 Å². The molecule has 0 unspecified atom stereocenters. The molecule has 2 heterocycles. The Morgan fingerprint density at radius 1 is 1.21 bits per heavy atom. The van der Waals surface area contributed by atoms with Crippen molar-refractivity contribution in [2.45, 2.75) is 18.9 Å². The van der Waals surface area contributed by atoms with E-state index in [1.54, 1.807) is 29.3 Å². The Morgan fingerprint density at radius 3 is 2.64 bits per heavy atom. The van der Waals surface area contributed by atoms with Gasteiger partial charge in [-0.1, -0.05) is 17.7 Å². The van der Waals surface area contributed by atoms with Crippen LogP contribution in [0.2, 0.25) is 5.02 Å². The fourth-order valence-corrected chi connectivity index (χ4v) is 3.85. The molecule has 4 rings (SSSR count). The first-order chi connectivity index (χ1) is 15.8. The highest BCUT2D eigenvalue weighted by molar-refractivity contribution is 6.33. The number of rotatable bonds is 6. The number of oxazole rings is 1. The lowest BCUT2D eigenvalue weighted by Crippen LogP contribution is -2.50. The molecule has 0 aliphatic carbocycles. The third-order valence-electron chi connectivity index (χ3n) is 5.23. The lowest BCUT2D eigenvalue weighted by Gasteiger charge is -2.29. The van der Waals surface area contributed by atoms with Gasteiger partial charge in [0.25, 0.3) is 11.8 Å². The number of hydrogen-bond acceptors (Lipinski definition) is 7. The van der Waals surface area contributed by atoms with E-state index >= 15 is 0 Å². The second-order valence-electron chi connectivity index (χ2n) is 7.67. The summed E-state index contributed by atoms with van der Waals surface area (Å²) in [5.41, 5.74) is 6.07. The number of piperidine rings is 1. The maximum atomic E-state index is 14.2. The van der Waals surface area contributed by atoms with Gasteiger partial charge in [0.1, 0.15) is 5.82 Å². The number of amides is 2. The molecule has 0 radical (unpaired) electrons. The van der Waals surface area contributed by atoms with E-state index < -0.39 is 11.7 Å². The number of nitrogens with zero attached hydrogens (tertiary/aromatic N) is 2. The fraction of sp³-hybridized carbons (Fsp3) is 0.227. The normalized spacial score (nSPS) is 16.4. The molecule has 2 amide bonds. The Hall–Kier alpha value is -3.47. The molecule has 1 atom stereocenters. The predicted molar refractivity (Wildman–Crippen MR) is 121 cm³/mol. The summed E-state index contributed by atoms with van der Waals surface area (Å²) in [6.45, 7) is 1.41. The zero-order valence-electron chi connectivity index (χ0n) is 17.5. The lowest BCUT2D eigenvalue weighted by molar-refractivity contribution is 0.0903. The number of nitrogens with one attached hydrogen (secondary N) is 2. The highest BCUT2D eigenvalue weighted by Crippen LogP contribution is 2.34. The van der Waals surface area contributed by atoms with Crippen LogP contribution in [0.3, 0.4) is 0 Å². The molecule has 1 aliphatic heterocycles. The van der Waals surface area contributed by atoms with Crippen molar-refractivity contribution in [1.82, 2.24) is 15.3 Å². The van der Waals surface area contributed by atoms with Crippen molar-refractivity contribution in [1.29, 1.82) is 0 Å². The first-order valence-corrected chi connectivity index (χ1v) is 10.6. The molecule has 3 aromatic rings. The number of primary amides is 1. The molecule has 1 saturated heterocycles. The average Bonchev–Trinajstić information content (AvgIpc) is 3.17. The molecule has 0 saturated carbocycles. The standard InChI is InChI=1S/C22H22ClFN6O3/c23-15-4-1-5-16(24)17(15)21-29-18(19(25)31)22(33-21)28-13-8-6-12(7-9-13)20(32)27-14-3-2-10-30(26)11-14/h1,4-9,14,28H,2-3,10-11,26H2,(H2,25,31)(H,27,32)/t14-/m0/s1. The van der Waals surface area contributed by atoms with Gasteiger partial charge in [0.15, 0.2) is 5.69 Å². The van der Waals surface area contributed by atoms with Crippen LogP contribution in [0, 0.1) is 5.82 Å². The highest BCUT2D eigenvalue weighted by Gasteiger charge is 2.23. The van der Waals surface area contributed by atoms with Gasteiger partial charge < -0.3 is 20.8 Å². The van der Waals surface area contributed by atoms with E-state index in [9.17, 15) is 14.0 Å². The van der Waals surface area contributed by atoms with Crippen LogP contribution >= 0.6 is 11.6 Å². The Morgan fingerprint density at radius 2 is 1.97 bits per heavy atom. The monoisotopic (exact) mass is 472 g/mol. The largest absolute Gasteiger partial charge is 0.419 e. The van der Waals surface area contributed by atoms with Crippen LogP contribution in [0.4, 0.5) is 16.0 Å². The van der Waals surface area contributed by atoms with Crippen molar-refractivity contribution in [3.63, 3.8) is 0 Å². The van der Waals surface area contributed by atoms with Gasteiger partial charge >= 0.3 is 0 Å². The molecule has 1 aromatic heterocycles. The van der Waals surface area contributed by atoms with Gasteiger partial charge in [0.05, 0.1) is 10.6 Å². The highest BCUT2D eigenvalue weighted by atomic mass is 35.5. The van der Waals surface area contributed by atoms with Crippen molar-refractivity contribution < 1.29 is 18.4 Å². The molecule has 6 N–H and O–H groups in total. The fourth-order valence-electron chi connectivity index (χ4n) is 3.61.